The monoisotopic (exact) mass is 1480 g/mol. The van der Waals surface area contributed by atoms with Gasteiger partial charge in [0.15, 0.2) is 5.96 Å². The number of carboxylic acids is 2. The molecule has 9 atom stereocenters. The van der Waals surface area contributed by atoms with Gasteiger partial charge in [-0.25, -0.2) is 14.6 Å². The molecule has 2 aromatic heterocycles. The number of carbonyl (C=O) groups is 13. The zero-order valence-electron chi connectivity index (χ0n) is 57.6. The number of benzene rings is 2. The molecule has 0 unspecified atom stereocenters. The van der Waals surface area contributed by atoms with Gasteiger partial charge in [0.25, 0.3) is 0 Å². The molecular weight excluding hydrogens is 1390 g/mol. The molecule has 6 rings (SSSR count). The molecule has 2 aliphatic heterocycles. The molecule has 0 bridgehead atoms. The summed E-state index contributed by atoms with van der Waals surface area (Å²) < 4.78 is 68.8. The van der Waals surface area contributed by atoms with E-state index >= 15 is 0 Å². The Bertz CT molecular complexity index is 3620. The number of likely N-dealkylation sites (tertiary alicyclic amines) is 1. The van der Waals surface area contributed by atoms with Crippen molar-refractivity contribution in [3.05, 3.63) is 84.1 Å². The molecular formula is C65H88F6N16O17. The maximum atomic E-state index is 14.8. The topological polar surface area (TPSA) is 512 Å². The molecule has 0 saturated carbocycles. The van der Waals surface area contributed by atoms with E-state index in [1.807, 2.05) is 13.8 Å². The SMILES string of the molecule is CCNC(=O)[C@@H]1CCCN1C(=O)[C@H](CCCN=C(N)N)NC(=O)[C@H](CC(C)C)NC(=O)[C@H](CC(C)C)NC(=O)[C@H](Cc1ccc(O)cc1)NC(=O)[C@H](COC(C)=O)NC(=O)[C@H](Cc1c[nH]c2ccccc12)NC(=O)[C@H](Cc1cnc[nH]1)NC(=O)[C@@H]1CCC(=O)N1.O=C(O)C(F)(F)F.O=C(O)C(F)(F)F. The Kier molecular flexibility index (Phi) is 33.3. The average molecular weight is 1480 g/mol. The van der Waals surface area contributed by atoms with Crippen LogP contribution in [0.5, 0.6) is 5.75 Å². The third-order valence-corrected chi connectivity index (χ3v) is 15.7. The molecule has 0 spiro atoms. The van der Waals surface area contributed by atoms with Gasteiger partial charge in [-0.1, -0.05) is 58.0 Å². The number of aliphatic imine (C=N–C) groups is 1. The molecule has 10 amide bonds. The number of alkyl halides is 6. The molecule has 33 nitrogen and oxygen atoms in total. The predicted octanol–water partition coefficient (Wildman–Crippen LogP) is 0.399. The van der Waals surface area contributed by atoms with Crippen LogP contribution in [0.1, 0.15) is 110 Å². The van der Waals surface area contributed by atoms with Crippen molar-refractivity contribution in [1.82, 2.24) is 67.7 Å². The van der Waals surface area contributed by atoms with Crippen LogP contribution >= 0.6 is 0 Å². The van der Waals surface area contributed by atoms with E-state index in [1.54, 1.807) is 51.2 Å². The summed E-state index contributed by atoms with van der Waals surface area (Å²) in [6.45, 7) is 10.1. The lowest BCUT2D eigenvalue weighted by Crippen LogP contribution is -2.61. The molecule has 0 radical (unpaired) electrons. The third-order valence-electron chi connectivity index (χ3n) is 15.7. The van der Waals surface area contributed by atoms with Gasteiger partial charge in [0, 0.05) is 81.2 Å². The standard InChI is InChI=1S/C61H86N16O13.2C2HF3O2/c1-7-65-59(88)50-15-11-23-77(50)60(89)43(14-10-22-66-61(62)63)70-53(82)44(24-33(2)3)71-54(83)45(25-34(4)5)72-55(84)46(26-36-16-18-39(79)19-17-36)73-58(87)49(31-90-35(6)78)76-56(85)47(27-37-29-67-41-13-9-8-12-40(37)41)74-57(86)48(28-38-30-64-32-68-38)75-52(81)42-20-21-51(80)69-42;2*3-2(4,5)1(6)7/h8-9,12-13,16-19,29-30,32-34,42-50,67,79H,7,10-11,14-15,20-28,31H2,1-6H3,(H,64,68)(H,65,88)(H,69,80)(H,70,82)(H,71,83)(H,72,84)(H,73,87)(H,74,86)(H,75,81)(H,76,85)(H4,62,63,66);2*(H,6,7)/t42-,43-,44-,45-,46-,47-,48-,49-,50-;;/m0../s1. The summed E-state index contributed by atoms with van der Waals surface area (Å²) >= 11 is 0. The fraction of sp³-hybridized carbons (Fsp3) is 0.523. The number of fused-ring (bicyclic) bond motifs is 1. The second-order valence-electron chi connectivity index (χ2n) is 25.0. The number of aromatic nitrogens is 3. The number of esters is 1. The Balaban J connectivity index is 0.00000148. The Hall–Kier alpha value is -11.0. The first-order chi connectivity index (χ1) is 48.8. The summed E-state index contributed by atoms with van der Waals surface area (Å²) in [7, 11) is 0. The van der Waals surface area contributed by atoms with Gasteiger partial charge in [-0.3, -0.25) is 57.7 Å². The van der Waals surface area contributed by atoms with Crippen molar-refractivity contribution in [2.45, 2.75) is 179 Å². The zero-order valence-corrected chi connectivity index (χ0v) is 57.6. The highest BCUT2D eigenvalue weighted by Gasteiger charge is 2.42. The smallest absolute Gasteiger partial charge is 0.490 e. The van der Waals surface area contributed by atoms with Crippen LogP contribution in [0, 0.1) is 11.8 Å². The number of likely N-dealkylation sites (N-methyl/N-ethyl adjacent to an activating group) is 1. The molecule has 2 fully saturated rings. The highest BCUT2D eigenvalue weighted by atomic mass is 19.4. The summed E-state index contributed by atoms with van der Waals surface area (Å²) in [6, 6.07) is 1.35. The first-order valence-corrected chi connectivity index (χ1v) is 32.9. The number of hydrogen-bond acceptors (Lipinski definition) is 17. The minimum absolute atomic E-state index is 0.0216. The number of phenols is 1. The number of rotatable bonds is 33. The molecule has 18 N–H and O–H groups in total. The second kappa shape index (κ2) is 40.6. The molecule has 2 saturated heterocycles. The number of guanidine groups is 1. The number of phenolic OH excluding ortho intramolecular Hbond substituents is 1. The summed E-state index contributed by atoms with van der Waals surface area (Å²) in [4.78, 5) is 187. The number of carbonyl (C=O) groups excluding carboxylic acids is 11. The van der Waals surface area contributed by atoms with Crippen LogP contribution in [0.4, 0.5) is 26.3 Å². The number of nitrogens with zero attached hydrogens (tertiary/aromatic N) is 3. The van der Waals surface area contributed by atoms with Gasteiger partial charge in [-0.2, -0.15) is 26.3 Å². The van der Waals surface area contributed by atoms with Gasteiger partial charge in [-0.05, 0) is 93.0 Å². The van der Waals surface area contributed by atoms with Crippen molar-refractivity contribution in [3.63, 3.8) is 0 Å². The van der Waals surface area contributed by atoms with E-state index in [2.05, 4.69) is 67.8 Å². The van der Waals surface area contributed by atoms with Crippen LogP contribution in [0.2, 0.25) is 0 Å². The number of aliphatic carboxylic acids is 2. The average Bonchev–Trinajstić information content (AvgIpc) is 1.67. The summed E-state index contributed by atoms with van der Waals surface area (Å²) in [6.07, 6.45) is -4.54. The molecule has 2 aromatic carbocycles. The minimum Gasteiger partial charge on any atom is -0.508 e. The lowest BCUT2D eigenvalue weighted by atomic mass is 9.98. The summed E-state index contributed by atoms with van der Waals surface area (Å²) in [5.74, 6) is -14.1. The van der Waals surface area contributed by atoms with Crippen LogP contribution in [0.25, 0.3) is 10.9 Å². The number of aromatic amines is 2. The van der Waals surface area contributed by atoms with Crippen LogP contribution in [-0.2, 0) is 86.3 Å². The van der Waals surface area contributed by atoms with Crippen LogP contribution in [0.3, 0.4) is 0 Å². The highest BCUT2D eigenvalue weighted by molar-refractivity contribution is 6.00. The number of nitrogens with two attached hydrogens (primary N) is 2. The van der Waals surface area contributed by atoms with Crippen LogP contribution < -0.4 is 59.3 Å². The highest BCUT2D eigenvalue weighted by Crippen LogP contribution is 2.23. The van der Waals surface area contributed by atoms with E-state index in [0.717, 1.165) is 6.92 Å². The number of H-pyrrole nitrogens is 2. The summed E-state index contributed by atoms with van der Waals surface area (Å²) in [5.41, 5.74) is 13.3. The van der Waals surface area contributed by atoms with Gasteiger partial charge in [0.1, 0.15) is 66.7 Å². The summed E-state index contributed by atoms with van der Waals surface area (Å²) in [5, 5.41) is 49.5. The third kappa shape index (κ3) is 28.8. The zero-order chi connectivity index (χ0) is 77.8. The maximum absolute atomic E-state index is 14.8. The van der Waals surface area contributed by atoms with E-state index in [-0.39, 0.29) is 106 Å². The normalized spacial score (nSPS) is 16.1. The van der Waals surface area contributed by atoms with Gasteiger partial charge < -0.3 is 94.2 Å². The number of halogens is 6. The number of imidazole rings is 1. The number of hydrogen-bond donors (Lipinski definition) is 16. The van der Waals surface area contributed by atoms with Crippen molar-refractivity contribution < 1.29 is 109 Å². The van der Waals surface area contributed by atoms with E-state index in [1.165, 1.54) is 41.7 Å². The van der Waals surface area contributed by atoms with Gasteiger partial charge in [-0.15, -0.1) is 0 Å². The van der Waals surface area contributed by atoms with Crippen LogP contribution in [-0.4, -0.2) is 211 Å². The first kappa shape index (κ1) is 85.4. The van der Waals surface area contributed by atoms with Crippen molar-refractivity contribution in [2.75, 3.05) is 26.2 Å². The van der Waals surface area contributed by atoms with Crippen molar-refractivity contribution >= 4 is 93.8 Å². The Morgan fingerprint density at radius 1 is 0.673 bits per heavy atom. The van der Waals surface area contributed by atoms with E-state index in [9.17, 15) is 84.2 Å². The number of ether oxygens (including phenoxy) is 1. The predicted molar refractivity (Wildman–Crippen MR) is 357 cm³/mol. The lowest BCUT2D eigenvalue weighted by Gasteiger charge is -2.31. The quantitative estimate of drug-likeness (QED) is 0.0101. The van der Waals surface area contributed by atoms with Gasteiger partial charge in [0.05, 0.1) is 6.33 Å². The molecule has 104 heavy (non-hydrogen) atoms. The van der Waals surface area contributed by atoms with Crippen molar-refractivity contribution in [2.24, 2.45) is 28.3 Å². The molecule has 0 aliphatic carbocycles. The van der Waals surface area contributed by atoms with E-state index < -0.39 is 139 Å². The largest absolute Gasteiger partial charge is 0.508 e. The fourth-order valence-electron chi connectivity index (χ4n) is 10.7. The van der Waals surface area contributed by atoms with Gasteiger partial charge in [0.2, 0.25) is 59.1 Å². The number of nitrogens with one attached hydrogen (secondary N) is 11. The van der Waals surface area contributed by atoms with E-state index in [4.69, 9.17) is 36.0 Å². The van der Waals surface area contributed by atoms with Gasteiger partial charge >= 0.3 is 30.3 Å². The first-order valence-electron chi connectivity index (χ1n) is 32.9. The number of aromatic hydroxyl groups is 1. The van der Waals surface area contributed by atoms with Crippen molar-refractivity contribution in [1.29, 1.82) is 0 Å². The molecule has 39 heteroatoms. The fourth-order valence-corrected chi connectivity index (χ4v) is 10.7. The van der Waals surface area contributed by atoms with Crippen molar-refractivity contribution in [3.8, 4) is 5.75 Å². The van der Waals surface area contributed by atoms with E-state index in [0.29, 0.717) is 47.1 Å². The number of amides is 10. The number of carboxylic acid groups (broad SMARTS) is 2. The Labute approximate surface area is 591 Å². The lowest BCUT2D eigenvalue weighted by molar-refractivity contribution is -0.193. The van der Waals surface area contributed by atoms with Crippen LogP contribution in [0.15, 0.2) is 72.2 Å². The Morgan fingerprint density at radius 2 is 1.18 bits per heavy atom. The second-order valence-corrected chi connectivity index (χ2v) is 25.0. The Morgan fingerprint density at radius 3 is 1.68 bits per heavy atom. The molecule has 2 aliphatic rings. The maximum Gasteiger partial charge on any atom is 0.490 e. The molecule has 4 heterocycles. The molecule has 4 aromatic rings. The molecule has 572 valence electrons. The number of para-hydroxylation sites is 1. The minimum atomic E-state index is -5.08.